The number of pyridine rings is 1. The summed E-state index contributed by atoms with van der Waals surface area (Å²) in [5, 5.41) is 2.28. The molecule has 2 heteroatoms. The predicted octanol–water partition coefficient (Wildman–Crippen LogP) is 3.77. The molecule has 0 radical (unpaired) electrons. The summed E-state index contributed by atoms with van der Waals surface area (Å²) in [4.78, 5) is 4.35. The van der Waals surface area contributed by atoms with Crippen LogP contribution in [0.3, 0.4) is 0 Å². The number of rotatable bonds is 2. The third-order valence-electron chi connectivity index (χ3n) is 3.93. The standard InChI is InChI=1S/C18H18N2/c1-13-7-3-6-10-16(13)18(2,19)17-12-20-11-14-8-4-5-9-15(14)17/h3-12H,19H2,1-2H3. The predicted molar refractivity (Wildman–Crippen MR) is 83.6 cm³/mol. The minimum atomic E-state index is -0.556. The smallest absolute Gasteiger partial charge is 0.0660 e. The molecule has 0 aliphatic heterocycles. The molecule has 0 spiro atoms. The zero-order valence-corrected chi connectivity index (χ0v) is 11.8. The first kappa shape index (κ1) is 12.8. The summed E-state index contributed by atoms with van der Waals surface area (Å²) < 4.78 is 0. The summed E-state index contributed by atoms with van der Waals surface area (Å²) >= 11 is 0. The third-order valence-corrected chi connectivity index (χ3v) is 3.93. The van der Waals surface area contributed by atoms with Crippen molar-refractivity contribution >= 4 is 10.8 Å². The molecule has 1 heterocycles. The average Bonchev–Trinajstić information content (AvgIpc) is 2.47. The summed E-state index contributed by atoms with van der Waals surface area (Å²) in [6.07, 6.45) is 3.77. The van der Waals surface area contributed by atoms with Crippen LogP contribution in [0.2, 0.25) is 0 Å². The second-order valence-corrected chi connectivity index (χ2v) is 5.43. The van der Waals surface area contributed by atoms with E-state index in [1.165, 1.54) is 5.56 Å². The summed E-state index contributed by atoms with van der Waals surface area (Å²) in [5.74, 6) is 0. The molecule has 2 aromatic carbocycles. The molecule has 1 aromatic heterocycles. The van der Waals surface area contributed by atoms with E-state index in [9.17, 15) is 0 Å². The fourth-order valence-corrected chi connectivity index (χ4v) is 2.83. The van der Waals surface area contributed by atoms with E-state index in [1.54, 1.807) is 0 Å². The Morgan fingerprint density at radius 1 is 0.900 bits per heavy atom. The van der Waals surface area contributed by atoms with Crippen LogP contribution in [0.25, 0.3) is 10.8 Å². The van der Waals surface area contributed by atoms with Crippen molar-refractivity contribution in [2.45, 2.75) is 19.4 Å². The van der Waals surface area contributed by atoms with Gasteiger partial charge in [-0.15, -0.1) is 0 Å². The van der Waals surface area contributed by atoms with Crippen LogP contribution in [0.4, 0.5) is 0 Å². The van der Waals surface area contributed by atoms with Crippen molar-refractivity contribution in [3.63, 3.8) is 0 Å². The lowest BCUT2D eigenvalue weighted by Crippen LogP contribution is -2.35. The van der Waals surface area contributed by atoms with E-state index in [0.29, 0.717) is 0 Å². The molecular formula is C18H18N2. The molecule has 0 aliphatic rings. The first-order valence-corrected chi connectivity index (χ1v) is 6.79. The monoisotopic (exact) mass is 262 g/mol. The fourth-order valence-electron chi connectivity index (χ4n) is 2.83. The summed E-state index contributed by atoms with van der Waals surface area (Å²) in [5.41, 5.74) is 9.53. The molecule has 1 atom stereocenters. The highest BCUT2D eigenvalue weighted by molar-refractivity contribution is 5.86. The molecule has 0 bridgehead atoms. The summed E-state index contributed by atoms with van der Waals surface area (Å²) in [6, 6.07) is 16.5. The van der Waals surface area contributed by atoms with E-state index >= 15 is 0 Å². The van der Waals surface area contributed by atoms with Gasteiger partial charge in [0.15, 0.2) is 0 Å². The molecule has 0 fully saturated rings. The number of aromatic nitrogens is 1. The molecule has 3 aromatic rings. The molecule has 100 valence electrons. The molecule has 0 saturated heterocycles. The first-order valence-electron chi connectivity index (χ1n) is 6.79. The maximum absolute atomic E-state index is 6.69. The molecule has 1 unspecified atom stereocenters. The molecule has 2 nitrogen and oxygen atoms in total. The van der Waals surface area contributed by atoms with Crippen molar-refractivity contribution in [2.24, 2.45) is 5.73 Å². The third kappa shape index (κ3) is 1.98. The quantitative estimate of drug-likeness (QED) is 0.763. The highest BCUT2D eigenvalue weighted by Crippen LogP contribution is 2.32. The van der Waals surface area contributed by atoms with E-state index in [-0.39, 0.29) is 0 Å². The molecule has 0 aliphatic carbocycles. The molecule has 20 heavy (non-hydrogen) atoms. The molecular weight excluding hydrogens is 244 g/mol. The van der Waals surface area contributed by atoms with Crippen molar-refractivity contribution in [2.75, 3.05) is 0 Å². The van der Waals surface area contributed by atoms with Crippen LogP contribution in [-0.2, 0) is 5.54 Å². The van der Waals surface area contributed by atoms with E-state index in [1.807, 2.05) is 36.7 Å². The zero-order valence-electron chi connectivity index (χ0n) is 11.8. The van der Waals surface area contributed by atoms with Gasteiger partial charge in [0.05, 0.1) is 5.54 Å². The Hall–Kier alpha value is -2.19. The fraction of sp³-hybridized carbons (Fsp3) is 0.167. The summed E-state index contributed by atoms with van der Waals surface area (Å²) in [6.45, 7) is 4.15. The van der Waals surface area contributed by atoms with Crippen LogP contribution in [-0.4, -0.2) is 4.98 Å². The van der Waals surface area contributed by atoms with Gasteiger partial charge in [-0.3, -0.25) is 4.98 Å². The van der Waals surface area contributed by atoms with Crippen molar-refractivity contribution < 1.29 is 0 Å². The van der Waals surface area contributed by atoms with Gasteiger partial charge in [0, 0.05) is 23.3 Å². The van der Waals surface area contributed by atoms with Crippen LogP contribution in [0.5, 0.6) is 0 Å². The van der Waals surface area contributed by atoms with Crippen molar-refractivity contribution in [1.29, 1.82) is 0 Å². The lowest BCUT2D eigenvalue weighted by atomic mass is 9.82. The highest BCUT2D eigenvalue weighted by atomic mass is 14.8. The number of nitrogens with two attached hydrogens (primary N) is 1. The van der Waals surface area contributed by atoms with Gasteiger partial charge >= 0.3 is 0 Å². The van der Waals surface area contributed by atoms with Crippen LogP contribution >= 0.6 is 0 Å². The Kier molecular flexibility index (Phi) is 3.03. The van der Waals surface area contributed by atoms with Gasteiger partial charge < -0.3 is 5.73 Å². The number of aryl methyl sites for hydroxylation is 1. The number of hydrogen-bond donors (Lipinski definition) is 1. The van der Waals surface area contributed by atoms with Gasteiger partial charge in [-0.1, -0.05) is 48.5 Å². The van der Waals surface area contributed by atoms with E-state index in [4.69, 9.17) is 5.73 Å². The maximum atomic E-state index is 6.69. The Labute approximate surface area is 119 Å². The summed E-state index contributed by atoms with van der Waals surface area (Å²) in [7, 11) is 0. The van der Waals surface area contributed by atoms with Crippen LogP contribution in [0.15, 0.2) is 60.9 Å². The van der Waals surface area contributed by atoms with E-state index < -0.39 is 5.54 Å². The van der Waals surface area contributed by atoms with Gasteiger partial charge in [0.25, 0.3) is 0 Å². The van der Waals surface area contributed by atoms with Gasteiger partial charge in [0.1, 0.15) is 0 Å². The Morgan fingerprint density at radius 3 is 2.40 bits per heavy atom. The maximum Gasteiger partial charge on any atom is 0.0660 e. The zero-order chi connectivity index (χ0) is 14.2. The molecule has 2 N–H and O–H groups in total. The lowest BCUT2D eigenvalue weighted by molar-refractivity contribution is 0.602. The lowest BCUT2D eigenvalue weighted by Gasteiger charge is -2.28. The highest BCUT2D eigenvalue weighted by Gasteiger charge is 2.27. The van der Waals surface area contributed by atoms with Crippen LogP contribution in [0.1, 0.15) is 23.6 Å². The molecule has 0 saturated carbocycles. The van der Waals surface area contributed by atoms with Crippen molar-refractivity contribution in [3.8, 4) is 0 Å². The van der Waals surface area contributed by atoms with E-state index in [0.717, 1.165) is 21.9 Å². The number of hydrogen-bond acceptors (Lipinski definition) is 2. The Balaban J connectivity index is 2.27. The second kappa shape index (κ2) is 4.73. The Morgan fingerprint density at radius 2 is 1.60 bits per heavy atom. The SMILES string of the molecule is Cc1ccccc1C(C)(N)c1cncc2ccccc12. The number of nitrogens with zero attached hydrogens (tertiary/aromatic N) is 1. The van der Waals surface area contributed by atoms with Gasteiger partial charge in [-0.2, -0.15) is 0 Å². The van der Waals surface area contributed by atoms with Crippen LogP contribution in [0, 0.1) is 6.92 Å². The van der Waals surface area contributed by atoms with E-state index in [2.05, 4.69) is 43.1 Å². The van der Waals surface area contributed by atoms with Gasteiger partial charge in [-0.05, 0) is 30.4 Å². The molecule has 0 amide bonds. The van der Waals surface area contributed by atoms with Crippen molar-refractivity contribution in [3.05, 3.63) is 77.6 Å². The van der Waals surface area contributed by atoms with Crippen molar-refractivity contribution in [1.82, 2.24) is 4.98 Å². The second-order valence-electron chi connectivity index (χ2n) is 5.43. The number of benzene rings is 2. The largest absolute Gasteiger partial charge is 0.318 e. The minimum Gasteiger partial charge on any atom is -0.318 e. The topological polar surface area (TPSA) is 38.9 Å². The first-order chi connectivity index (χ1) is 9.60. The average molecular weight is 262 g/mol. The number of fused-ring (bicyclic) bond motifs is 1. The minimum absolute atomic E-state index is 0.556. The van der Waals surface area contributed by atoms with Gasteiger partial charge in [0.2, 0.25) is 0 Å². The van der Waals surface area contributed by atoms with Gasteiger partial charge in [-0.25, -0.2) is 0 Å². The Bertz CT molecular complexity index is 755. The van der Waals surface area contributed by atoms with Crippen LogP contribution < -0.4 is 5.73 Å². The molecule has 3 rings (SSSR count). The normalized spacial score (nSPS) is 14.2.